The number of anilines is 1. The minimum absolute atomic E-state index is 0.0974. The van der Waals surface area contributed by atoms with Crippen LogP contribution in [0.25, 0.3) is 0 Å². The maximum atomic E-state index is 13.2. The van der Waals surface area contributed by atoms with E-state index < -0.39 is 0 Å². The maximum absolute atomic E-state index is 13.2. The lowest BCUT2D eigenvalue weighted by Crippen LogP contribution is -2.41. The van der Waals surface area contributed by atoms with Crippen LogP contribution >= 0.6 is 0 Å². The van der Waals surface area contributed by atoms with Gasteiger partial charge in [-0.1, -0.05) is 0 Å². The van der Waals surface area contributed by atoms with E-state index in [1.54, 1.807) is 61.0 Å². The van der Waals surface area contributed by atoms with Gasteiger partial charge in [0, 0.05) is 43.1 Å². The molecule has 3 heterocycles. The van der Waals surface area contributed by atoms with E-state index in [4.69, 9.17) is 9.47 Å². The highest BCUT2D eigenvalue weighted by atomic mass is 19.1. The Morgan fingerprint density at radius 2 is 1.66 bits per heavy atom. The molecule has 2 aliphatic heterocycles. The number of carbonyl (C=O) groups is 2. The summed E-state index contributed by atoms with van der Waals surface area (Å²) in [6.07, 6.45) is 6.27. The molecule has 1 saturated heterocycles. The number of halogens is 1. The zero-order chi connectivity index (χ0) is 26.5. The number of likely N-dealkylation sites (tertiary alicyclic amines) is 1. The van der Waals surface area contributed by atoms with Crippen molar-refractivity contribution < 1.29 is 23.5 Å². The highest BCUT2D eigenvalue weighted by Crippen LogP contribution is 2.26. The number of Topliss-reactive ketones (excluding diaryl/α,β-unsaturated/α-hetero) is 1. The SMILES string of the molecule is COc1ccc(C(=O)C2CCN(C(=O)C3=CN(c4ccc(Oc5ccc(F)cc5)nc4)CC=N3)CC2)cc1. The second-order valence-electron chi connectivity index (χ2n) is 9.05. The third kappa shape index (κ3) is 5.72. The number of aliphatic imine (C=N–C) groups is 1. The zero-order valence-corrected chi connectivity index (χ0v) is 20.9. The van der Waals surface area contributed by atoms with Gasteiger partial charge in [-0.2, -0.15) is 0 Å². The van der Waals surface area contributed by atoms with Crippen LogP contribution < -0.4 is 14.4 Å². The first-order chi connectivity index (χ1) is 18.5. The van der Waals surface area contributed by atoms with Crippen LogP contribution in [0.2, 0.25) is 0 Å². The highest BCUT2D eigenvalue weighted by molar-refractivity contribution is 5.99. The van der Waals surface area contributed by atoms with Gasteiger partial charge in [0.2, 0.25) is 5.88 Å². The maximum Gasteiger partial charge on any atom is 0.273 e. The number of piperidine rings is 1. The fraction of sp³-hybridized carbons (Fsp3) is 0.241. The Bertz CT molecular complexity index is 1350. The van der Waals surface area contributed by atoms with Crippen LogP contribution in [-0.2, 0) is 4.79 Å². The van der Waals surface area contributed by atoms with Gasteiger partial charge in [-0.25, -0.2) is 9.37 Å². The number of benzene rings is 2. The predicted octanol–water partition coefficient (Wildman–Crippen LogP) is 4.88. The number of amides is 1. The standard InChI is InChI=1S/C29H27FN4O4/c1-37-24-7-2-20(3-8-24)28(35)21-12-15-33(16-13-21)29(36)26-19-34(17-14-31-26)23-6-11-27(32-18-23)38-25-9-4-22(30)5-10-25/h2-11,14,18-19,21H,12-13,15-17H2,1H3. The van der Waals surface area contributed by atoms with E-state index >= 15 is 0 Å². The third-order valence-corrected chi connectivity index (χ3v) is 6.62. The van der Waals surface area contributed by atoms with Gasteiger partial charge < -0.3 is 19.3 Å². The summed E-state index contributed by atoms with van der Waals surface area (Å²) in [5.74, 6) is 1.05. The molecule has 0 spiro atoms. The third-order valence-electron chi connectivity index (χ3n) is 6.62. The number of nitrogens with zero attached hydrogens (tertiary/aromatic N) is 4. The Kier molecular flexibility index (Phi) is 7.44. The quantitative estimate of drug-likeness (QED) is 0.418. The summed E-state index contributed by atoms with van der Waals surface area (Å²) in [4.78, 5) is 38.4. The number of hydrogen-bond donors (Lipinski definition) is 0. The molecule has 38 heavy (non-hydrogen) atoms. The van der Waals surface area contributed by atoms with E-state index in [0.717, 1.165) is 5.69 Å². The number of ether oxygens (including phenoxy) is 2. The van der Waals surface area contributed by atoms with Gasteiger partial charge in [-0.05, 0) is 67.4 Å². The van der Waals surface area contributed by atoms with Crippen LogP contribution in [-0.4, -0.2) is 54.5 Å². The first-order valence-corrected chi connectivity index (χ1v) is 12.4. The van der Waals surface area contributed by atoms with Crippen molar-refractivity contribution in [2.45, 2.75) is 12.8 Å². The van der Waals surface area contributed by atoms with Crippen molar-refractivity contribution in [2.24, 2.45) is 10.9 Å². The van der Waals surface area contributed by atoms with Gasteiger partial charge >= 0.3 is 0 Å². The second kappa shape index (κ2) is 11.2. The molecule has 9 heteroatoms. The Balaban J connectivity index is 1.18. The first kappa shape index (κ1) is 25.1. The molecule has 2 aromatic carbocycles. The van der Waals surface area contributed by atoms with Gasteiger partial charge in [0.15, 0.2) is 5.78 Å². The van der Waals surface area contributed by atoms with Crippen molar-refractivity contribution in [3.05, 3.63) is 90.1 Å². The number of rotatable bonds is 7. The lowest BCUT2D eigenvalue weighted by Gasteiger charge is -2.32. The summed E-state index contributed by atoms with van der Waals surface area (Å²) in [5.41, 5.74) is 1.77. The summed E-state index contributed by atoms with van der Waals surface area (Å²) in [5, 5.41) is 0. The van der Waals surface area contributed by atoms with Crippen molar-refractivity contribution in [3.8, 4) is 17.4 Å². The number of methoxy groups -OCH3 is 1. The normalized spacial score (nSPS) is 15.7. The van der Waals surface area contributed by atoms with Gasteiger partial charge in [0.1, 0.15) is 23.0 Å². The van der Waals surface area contributed by atoms with Gasteiger partial charge in [0.25, 0.3) is 5.91 Å². The number of aromatic nitrogens is 1. The monoisotopic (exact) mass is 514 g/mol. The van der Waals surface area contributed by atoms with E-state index in [0.29, 0.717) is 61.1 Å². The van der Waals surface area contributed by atoms with Gasteiger partial charge in [-0.3, -0.25) is 14.6 Å². The summed E-state index contributed by atoms with van der Waals surface area (Å²) in [6, 6.07) is 16.4. The molecule has 0 radical (unpaired) electrons. The predicted molar refractivity (Wildman–Crippen MR) is 141 cm³/mol. The zero-order valence-electron chi connectivity index (χ0n) is 20.9. The second-order valence-corrected chi connectivity index (χ2v) is 9.05. The van der Waals surface area contributed by atoms with E-state index in [-0.39, 0.29) is 23.4 Å². The summed E-state index contributed by atoms with van der Waals surface area (Å²) in [7, 11) is 1.59. The number of carbonyl (C=O) groups excluding carboxylic acids is 2. The molecule has 0 saturated carbocycles. The van der Waals surface area contributed by atoms with Crippen molar-refractivity contribution in [2.75, 3.05) is 31.6 Å². The molecule has 0 bridgehead atoms. The van der Waals surface area contributed by atoms with E-state index in [1.165, 1.54) is 24.3 Å². The minimum Gasteiger partial charge on any atom is -0.497 e. The first-order valence-electron chi connectivity index (χ1n) is 12.4. The van der Waals surface area contributed by atoms with E-state index in [9.17, 15) is 14.0 Å². The molecular weight excluding hydrogens is 487 g/mol. The largest absolute Gasteiger partial charge is 0.497 e. The molecular formula is C29H27FN4O4. The lowest BCUT2D eigenvalue weighted by atomic mass is 9.89. The Labute approximate surface area is 220 Å². The molecule has 194 valence electrons. The van der Waals surface area contributed by atoms with Crippen LogP contribution in [0.3, 0.4) is 0 Å². The summed E-state index contributed by atoms with van der Waals surface area (Å²) < 4.78 is 23.9. The molecule has 0 atom stereocenters. The average molecular weight is 515 g/mol. The average Bonchev–Trinajstić information content (AvgIpc) is 2.98. The van der Waals surface area contributed by atoms with Gasteiger partial charge in [-0.15, -0.1) is 0 Å². The van der Waals surface area contributed by atoms with Crippen molar-refractivity contribution in [1.82, 2.24) is 9.88 Å². The summed E-state index contributed by atoms with van der Waals surface area (Å²) in [6.45, 7) is 1.49. The molecule has 8 nitrogen and oxygen atoms in total. The summed E-state index contributed by atoms with van der Waals surface area (Å²) >= 11 is 0. The molecule has 1 amide bonds. The Hall–Kier alpha value is -4.53. The number of ketones is 1. The minimum atomic E-state index is -0.337. The van der Waals surface area contributed by atoms with Crippen LogP contribution in [0.5, 0.6) is 17.4 Å². The van der Waals surface area contributed by atoms with Gasteiger partial charge in [0.05, 0.1) is 25.5 Å². The number of pyridine rings is 1. The topological polar surface area (TPSA) is 84.3 Å². The van der Waals surface area contributed by atoms with Crippen molar-refractivity contribution in [1.29, 1.82) is 0 Å². The Morgan fingerprint density at radius 1 is 0.947 bits per heavy atom. The molecule has 0 aliphatic carbocycles. The lowest BCUT2D eigenvalue weighted by molar-refractivity contribution is -0.128. The Morgan fingerprint density at radius 3 is 2.32 bits per heavy atom. The number of hydrogen-bond acceptors (Lipinski definition) is 7. The molecule has 0 unspecified atom stereocenters. The highest BCUT2D eigenvalue weighted by Gasteiger charge is 2.30. The molecule has 2 aliphatic rings. The van der Waals surface area contributed by atoms with Crippen molar-refractivity contribution in [3.63, 3.8) is 0 Å². The van der Waals surface area contributed by atoms with Crippen molar-refractivity contribution >= 4 is 23.6 Å². The molecule has 1 aromatic heterocycles. The fourth-order valence-corrected chi connectivity index (χ4v) is 4.48. The van der Waals surface area contributed by atoms with Crippen LogP contribution in [0, 0.1) is 11.7 Å². The fourth-order valence-electron chi connectivity index (χ4n) is 4.48. The van der Waals surface area contributed by atoms with E-state index in [1.807, 2.05) is 11.0 Å². The smallest absolute Gasteiger partial charge is 0.273 e. The van der Waals surface area contributed by atoms with Crippen LogP contribution in [0.15, 0.2) is 83.7 Å². The molecule has 0 N–H and O–H groups in total. The molecule has 5 rings (SSSR count). The van der Waals surface area contributed by atoms with Crippen LogP contribution in [0.4, 0.5) is 10.1 Å². The molecule has 3 aromatic rings. The van der Waals surface area contributed by atoms with Crippen LogP contribution in [0.1, 0.15) is 23.2 Å². The molecule has 1 fully saturated rings. The van der Waals surface area contributed by atoms with E-state index in [2.05, 4.69) is 9.98 Å².